The van der Waals surface area contributed by atoms with Gasteiger partial charge in [0.05, 0.1) is 11.0 Å². The van der Waals surface area contributed by atoms with Gasteiger partial charge in [-0.05, 0) is 41.8 Å². The molecule has 1 saturated heterocycles. The summed E-state index contributed by atoms with van der Waals surface area (Å²) in [4.78, 5) is 13.9. The van der Waals surface area contributed by atoms with Crippen molar-refractivity contribution in [2.24, 2.45) is 0 Å². The molecule has 4 heteroatoms. The molecule has 0 aliphatic carbocycles. The van der Waals surface area contributed by atoms with Crippen LogP contribution in [0.4, 0.5) is 0 Å². The molecule has 2 rings (SSSR count). The topological polar surface area (TPSA) is 26.3 Å². The highest BCUT2D eigenvalue weighted by molar-refractivity contribution is 9.10. The van der Waals surface area contributed by atoms with Crippen LogP contribution in [0.5, 0.6) is 0 Å². The Morgan fingerprint density at radius 1 is 1.73 bits per heavy atom. The van der Waals surface area contributed by atoms with E-state index in [-0.39, 0.29) is 11.9 Å². The van der Waals surface area contributed by atoms with E-state index in [1.807, 2.05) is 13.0 Å². The fourth-order valence-corrected chi connectivity index (χ4v) is 3.19. The molecule has 1 aromatic heterocycles. The van der Waals surface area contributed by atoms with Crippen molar-refractivity contribution < 1.29 is 9.53 Å². The summed E-state index contributed by atoms with van der Waals surface area (Å²) in [6.07, 6.45) is 2.80. The third-order valence-electron chi connectivity index (χ3n) is 2.57. The number of ketones is 1. The SMILES string of the molecule is Cc1sc(C(=O)CC2CCCO2)cc1Br. The quantitative estimate of drug-likeness (QED) is 0.795. The number of hydrogen-bond acceptors (Lipinski definition) is 3. The number of rotatable bonds is 3. The number of thiophene rings is 1. The molecule has 1 aromatic rings. The third-order valence-corrected chi connectivity index (χ3v) is 4.75. The van der Waals surface area contributed by atoms with E-state index in [2.05, 4.69) is 15.9 Å². The van der Waals surface area contributed by atoms with E-state index in [4.69, 9.17) is 4.74 Å². The molecule has 2 nitrogen and oxygen atoms in total. The molecule has 82 valence electrons. The fourth-order valence-electron chi connectivity index (χ4n) is 1.71. The molecule has 1 aliphatic heterocycles. The smallest absolute Gasteiger partial charge is 0.175 e. The molecule has 0 bridgehead atoms. The van der Waals surface area contributed by atoms with Gasteiger partial charge >= 0.3 is 0 Å². The van der Waals surface area contributed by atoms with E-state index in [0.717, 1.165) is 33.7 Å². The van der Waals surface area contributed by atoms with Gasteiger partial charge in [-0.15, -0.1) is 11.3 Å². The summed E-state index contributed by atoms with van der Waals surface area (Å²) < 4.78 is 6.48. The maximum atomic E-state index is 11.9. The van der Waals surface area contributed by atoms with Gasteiger partial charge in [0.2, 0.25) is 0 Å². The van der Waals surface area contributed by atoms with E-state index in [1.54, 1.807) is 11.3 Å². The number of carbonyl (C=O) groups is 1. The minimum absolute atomic E-state index is 0.152. The number of Topliss-reactive ketones (excluding diaryl/α,β-unsaturated/α-hetero) is 1. The lowest BCUT2D eigenvalue weighted by atomic mass is 10.1. The summed E-state index contributed by atoms with van der Waals surface area (Å²) in [5.41, 5.74) is 0. The standard InChI is InChI=1S/C11H13BrO2S/c1-7-9(12)6-11(15-7)10(13)5-8-3-2-4-14-8/h6,8H,2-5H2,1H3. The minimum atomic E-state index is 0.152. The van der Waals surface area contributed by atoms with Gasteiger partial charge in [0, 0.05) is 22.4 Å². The Hall–Kier alpha value is -0.190. The van der Waals surface area contributed by atoms with Crippen molar-refractivity contribution in [2.45, 2.75) is 32.3 Å². The van der Waals surface area contributed by atoms with E-state index in [1.165, 1.54) is 0 Å². The highest BCUT2D eigenvalue weighted by atomic mass is 79.9. The van der Waals surface area contributed by atoms with Gasteiger partial charge in [-0.25, -0.2) is 0 Å². The molecular weight excluding hydrogens is 276 g/mol. The van der Waals surface area contributed by atoms with E-state index >= 15 is 0 Å². The Morgan fingerprint density at radius 2 is 2.53 bits per heavy atom. The Bertz CT molecular complexity index is 347. The molecule has 1 fully saturated rings. The number of halogens is 1. The molecule has 2 heterocycles. The zero-order chi connectivity index (χ0) is 10.8. The number of ether oxygens (including phenoxy) is 1. The zero-order valence-electron chi connectivity index (χ0n) is 8.59. The summed E-state index contributed by atoms with van der Waals surface area (Å²) >= 11 is 4.98. The first-order valence-corrected chi connectivity index (χ1v) is 6.68. The van der Waals surface area contributed by atoms with E-state index in [9.17, 15) is 4.79 Å². The number of hydrogen-bond donors (Lipinski definition) is 0. The van der Waals surface area contributed by atoms with Crippen molar-refractivity contribution in [1.82, 2.24) is 0 Å². The van der Waals surface area contributed by atoms with Crippen LogP contribution in [-0.2, 0) is 4.74 Å². The van der Waals surface area contributed by atoms with E-state index in [0.29, 0.717) is 6.42 Å². The summed E-state index contributed by atoms with van der Waals surface area (Å²) in [5, 5.41) is 0. The first-order chi connectivity index (χ1) is 7.16. The van der Waals surface area contributed by atoms with Crippen molar-refractivity contribution in [3.63, 3.8) is 0 Å². The molecular formula is C11H13BrO2S. The second-order valence-electron chi connectivity index (χ2n) is 3.78. The van der Waals surface area contributed by atoms with Crippen molar-refractivity contribution in [1.29, 1.82) is 0 Å². The predicted octanol–water partition coefficient (Wildman–Crippen LogP) is 3.57. The van der Waals surface area contributed by atoms with Gasteiger partial charge in [-0.3, -0.25) is 4.79 Å². The molecule has 1 unspecified atom stereocenters. The average Bonchev–Trinajstić information content (AvgIpc) is 2.78. The van der Waals surface area contributed by atoms with Crippen LogP contribution in [0.25, 0.3) is 0 Å². The highest BCUT2D eigenvalue weighted by Gasteiger charge is 2.21. The van der Waals surface area contributed by atoms with Crippen LogP contribution in [0.2, 0.25) is 0 Å². The lowest BCUT2D eigenvalue weighted by Gasteiger charge is -2.06. The Labute approximate surface area is 102 Å². The highest BCUT2D eigenvalue weighted by Crippen LogP contribution is 2.28. The lowest BCUT2D eigenvalue weighted by molar-refractivity contribution is 0.0779. The van der Waals surface area contributed by atoms with E-state index < -0.39 is 0 Å². The van der Waals surface area contributed by atoms with Crippen LogP contribution in [0, 0.1) is 6.92 Å². The maximum absolute atomic E-state index is 11.9. The number of carbonyl (C=O) groups excluding carboxylic acids is 1. The summed E-state index contributed by atoms with van der Waals surface area (Å²) in [6, 6.07) is 1.91. The monoisotopic (exact) mass is 288 g/mol. The zero-order valence-corrected chi connectivity index (χ0v) is 11.0. The molecule has 0 radical (unpaired) electrons. The largest absolute Gasteiger partial charge is 0.378 e. The van der Waals surface area contributed by atoms with Gasteiger partial charge < -0.3 is 4.74 Å². The van der Waals surface area contributed by atoms with Crippen LogP contribution < -0.4 is 0 Å². The van der Waals surface area contributed by atoms with Crippen LogP contribution in [0.1, 0.15) is 33.8 Å². The summed E-state index contributed by atoms with van der Waals surface area (Å²) in [7, 11) is 0. The van der Waals surface area contributed by atoms with Crippen LogP contribution in [0.15, 0.2) is 10.5 Å². The Morgan fingerprint density at radius 3 is 3.07 bits per heavy atom. The van der Waals surface area contributed by atoms with Gasteiger partial charge in [0.25, 0.3) is 0 Å². The maximum Gasteiger partial charge on any atom is 0.175 e. The summed E-state index contributed by atoms with van der Waals surface area (Å²) in [5.74, 6) is 0.209. The van der Waals surface area contributed by atoms with Crippen LogP contribution in [-0.4, -0.2) is 18.5 Å². The van der Waals surface area contributed by atoms with Gasteiger partial charge in [-0.2, -0.15) is 0 Å². The van der Waals surface area contributed by atoms with Crippen molar-refractivity contribution in [2.75, 3.05) is 6.61 Å². The first-order valence-electron chi connectivity index (χ1n) is 5.07. The molecule has 0 saturated carbocycles. The second-order valence-corrected chi connectivity index (χ2v) is 5.89. The average molecular weight is 289 g/mol. The Balaban J connectivity index is 2.00. The minimum Gasteiger partial charge on any atom is -0.378 e. The van der Waals surface area contributed by atoms with Crippen molar-refractivity contribution in [3.05, 3.63) is 20.3 Å². The molecule has 1 atom stereocenters. The van der Waals surface area contributed by atoms with Gasteiger partial charge in [0.1, 0.15) is 0 Å². The van der Waals surface area contributed by atoms with Crippen LogP contribution in [0.3, 0.4) is 0 Å². The molecule has 0 spiro atoms. The second kappa shape index (κ2) is 4.76. The molecule has 0 aromatic carbocycles. The van der Waals surface area contributed by atoms with Gasteiger partial charge in [0.15, 0.2) is 5.78 Å². The molecule has 1 aliphatic rings. The van der Waals surface area contributed by atoms with Crippen molar-refractivity contribution in [3.8, 4) is 0 Å². The lowest BCUT2D eigenvalue weighted by Crippen LogP contribution is -2.11. The number of aryl methyl sites for hydroxylation is 1. The van der Waals surface area contributed by atoms with Crippen molar-refractivity contribution >= 4 is 33.0 Å². The van der Waals surface area contributed by atoms with Crippen LogP contribution >= 0.6 is 27.3 Å². The van der Waals surface area contributed by atoms with Gasteiger partial charge in [-0.1, -0.05) is 0 Å². The first kappa shape index (κ1) is 11.3. The molecule has 15 heavy (non-hydrogen) atoms. The third kappa shape index (κ3) is 2.68. The summed E-state index contributed by atoms with van der Waals surface area (Å²) in [6.45, 7) is 2.82. The Kier molecular flexibility index (Phi) is 3.59. The molecule has 0 amide bonds. The normalized spacial score (nSPS) is 20.8. The fraction of sp³-hybridized carbons (Fsp3) is 0.545. The molecule has 0 N–H and O–H groups in total. The predicted molar refractivity (Wildman–Crippen MR) is 64.7 cm³/mol.